The number of nitrogens with zero attached hydrogens (tertiary/aromatic N) is 2. The second-order valence-corrected chi connectivity index (χ2v) is 4.80. The zero-order chi connectivity index (χ0) is 13.2. The smallest absolute Gasteiger partial charge is 0.145 e. The molecule has 0 bridgehead atoms. The Kier molecular flexibility index (Phi) is 3.25. The first-order chi connectivity index (χ1) is 9.31. The number of rotatable bonds is 2. The Morgan fingerprint density at radius 3 is 3.05 bits per heavy atom. The molecule has 0 radical (unpaired) electrons. The monoisotopic (exact) mass is 258 g/mol. The Labute approximate surface area is 113 Å². The lowest BCUT2D eigenvalue weighted by atomic mass is 10.1. The number of methoxy groups -OCH3 is 1. The predicted molar refractivity (Wildman–Crippen MR) is 75.9 cm³/mol. The molecule has 4 nitrogen and oxygen atoms in total. The van der Waals surface area contributed by atoms with Gasteiger partial charge in [0.25, 0.3) is 0 Å². The minimum absolute atomic E-state index is 0.380. The van der Waals surface area contributed by atoms with Crippen LogP contribution in [0.3, 0.4) is 0 Å². The minimum Gasteiger partial charge on any atom is -0.494 e. The lowest BCUT2D eigenvalue weighted by molar-refractivity contribution is 0.0991. The summed E-state index contributed by atoms with van der Waals surface area (Å²) in [6.45, 7) is 4.65. The zero-order valence-electron chi connectivity index (χ0n) is 11.3. The maximum atomic E-state index is 5.51. The van der Waals surface area contributed by atoms with Crippen LogP contribution in [0, 0.1) is 0 Å². The molecule has 1 aromatic carbocycles. The quantitative estimate of drug-likeness (QED) is 0.829. The van der Waals surface area contributed by atoms with Crippen molar-refractivity contribution in [2.75, 3.05) is 31.8 Å². The van der Waals surface area contributed by atoms with Gasteiger partial charge in [-0.3, -0.25) is 4.98 Å². The molecule has 1 saturated heterocycles. The summed E-state index contributed by atoms with van der Waals surface area (Å²) in [5.74, 6) is 0.820. The number of anilines is 1. The Bertz CT molecular complexity index is 585. The third-order valence-corrected chi connectivity index (χ3v) is 3.61. The van der Waals surface area contributed by atoms with Crippen molar-refractivity contribution in [2.45, 2.75) is 13.0 Å². The molecule has 0 unspecified atom stereocenters. The highest BCUT2D eigenvalue weighted by Gasteiger charge is 2.21. The summed E-state index contributed by atoms with van der Waals surface area (Å²) in [5.41, 5.74) is 2.13. The molecular weight excluding hydrogens is 240 g/mol. The van der Waals surface area contributed by atoms with Gasteiger partial charge in [0.05, 0.1) is 20.3 Å². The number of benzene rings is 1. The summed E-state index contributed by atoms with van der Waals surface area (Å²) in [5, 5.41) is 1.13. The molecule has 100 valence electrons. The van der Waals surface area contributed by atoms with Crippen molar-refractivity contribution in [3.8, 4) is 5.75 Å². The highest BCUT2D eigenvalue weighted by atomic mass is 16.5. The largest absolute Gasteiger partial charge is 0.494 e. The number of aromatic nitrogens is 1. The first-order valence-corrected chi connectivity index (χ1v) is 6.57. The second-order valence-electron chi connectivity index (χ2n) is 4.80. The van der Waals surface area contributed by atoms with Crippen LogP contribution >= 0.6 is 0 Å². The highest BCUT2D eigenvalue weighted by Crippen LogP contribution is 2.32. The Balaban J connectivity index is 2.13. The van der Waals surface area contributed by atoms with E-state index in [-0.39, 0.29) is 0 Å². The summed E-state index contributed by atoms with van der Waals surface area (Å²) in [4.78, 5) is 6.83. The van der Waals surface area contributed by atoms with Gasteiger partial charge in [0, 0.05) is 29.9 Å². The van der Waals surface area contributed by atoms with E-state index in [4.69, 9.17) is 9.47 Å². The third kappa shape index (κ3) is 2.12. The molecule has 0 aliphatic carbocycles. The van der Waals surface area contributed by atoms with Gasteiger partial charge in [0.2, 0.25) is 0 Å². The van der Waals surface area contributed by atoms with Gasteiger partial charge < -0.3 is 14.4 Å². The number of pyridine rings is 1. The van der Waals surface area contributed by atoms with Crippen LogP contribution in [0.4, 0.5) is 5.69 Å². The van der Waals surface area contributed by atoms with Gasteiger partial charge in [-0.1, -0.05) is 12.1 Å². The molecular formula is C15H18N2O2. The van der Waals surface area contributed by atoms with Gasteiger partial charge in [-0.2, -0.15) is 0 Å². The summed E-state index contributed by atoms with van der Waals surface area (Å²) < 4.78 is 10.9. The van der Waals surface area contributed by atoms with E-state index in [0.29, 0.717) is 6.04 Å². The molecule has 1 aromatic heterocycles. The van der Waals surface area contributed by atoms with Crippen LogP contribution in [0.5, 0.6) is 5.75 Å². The first-order valence-electron chi connectivity index (χ1n) is 6.57. The lowest BCUT2D eigenvalue weighted by Crippen LogP contribution is -2.43. The van der Waals surface area contributed by atoms with Crippen molar-refractivity contribution in [3.05, 3.63) is 30.5 Å². The number of fused-ring (bicyclic) bond motifs is 1. The number of hydrogen-bond donors (Lipinski definition) is 0. The Morgan fingerprint density at radius 2 is 2.26 bits per heavy atom. The summed E-state index contributed by atoms with van der Waals surface area (Å²) >= 11 is 0. The van der Waals surface area contributed by atoms with Gasteiger partial charge in [-0.05, 0) is 19.1 Å². The van der Waals surface area contributed by atoms with Crippen molar-refractivity contribution in [3.63, 3.8) is 0 Å². The molecule has 0 amide bonds. The molecule has 2 aromatic rings. The van der Waals surface area contributed by atoms with E-state index >= 15 is 0 Å². The van der Waals surface area contributed by atoms with Crippen molar-refractivity contribution >= 4 is 16.6 Å². The zero-order valence-corrected chi connectivity index (χ0v) is 11.3. The third-order valence-electron chi connectivity index (χ3n) is 3.61. The average Bonchev–Trinajstić information content (AvgIpc) is 2.46. The summed E-state index contributed by atoms with van der Waals surface area (Å²) in [6.07, 6.45) is 1.85. The fourth-order valence-electron chi connectivity index (χ4n) is 2.63. The fourth-order valence-corrected chi connectivity index (χ4v) is 2.63. The lowest BCUT2D eigenvalue weighted by Gasteiger charge is -2.35. The summed E-state index contributed by atoms with van der Waals surface area (Å²) in [7, 11) is 1.68. The Hall–Kier alpha value is -1.81. The molecule has 2 heterocycles. The Morgan fingerprint density at radius 1 is 1.37 bits per heavy atom. The molecule has 1 aliphatic rings. The van der Waals surface area contributed by atoms with Crippen LogP contribution in [-0.2, 0) is 4.74 Å². The predicted octanol–water partition coefficient (Wildman–Crippen LogP) is 2.47. The van der Waals surface area contributed by atoms with Gasteiger partial charge >= 0.3 is 0 Å². The van der Waals surface area contributed by atoms with Gasteiger partial charge in [0.15, 0.2) is 0 Å². The molecule has 0 spiro atoms. The van der Waals surface area contributed by atoms with Gasteiger partial charge in [-0.15, -0.1) is 0 Å². The molecule has 1 aliphatic heterocycles. The van der Waals surface area contributed by atoms with Gasteiger partial charge in [0.1, 0.15) is 11.3 Å². The minimum atomic E-state index is 0.380. The van der Waals surface area contributed by atoms with E-state index in [2.05, 4.69) is 28.9 Å². The number of morpholine rings is 1. The van der Waals surface area contributed by atoms with Crippen LogP contribution in [0.1, 0.15) is 6.92 Å². The van der Waals surface area contributed by atoms with E-state index < -0.39 is 0 Å². The fraction of sp³-hybridized carbons (Fsp3) is 0.400. The number of para-hydroxylation sites is 1. The topological polar surface area (TPSA) is 34.6 Å². The van der Waals surface area contributed by atoms with Crippen LogP contribution < -0.4 is 9.64 Å². The van der Waals surface area contributed by atoms with Crippen LogP contribution in [0.15, 0.2) is 30.5 Å². The SMILES string of the molecule is COc1cccc2c(N3CCOC[C@H]3C)ccnc12. The first kappa shape index (κ1) is 12.2. The van der Waals surface area contributed by atoms with E-state index in [1.54, 1.807) is 7.11 Å². The van der Waals surface area contributed by atoms with E-state index in [1.165, 1.54) is 5.69 Å². The molecule has 0 N–H and O–H groups in total. The van der Waals surface area contributed by atoms with Gasteiger partial charge in [-0.25, -0.2) is 0 Å². The maximum absolute atomic E-state index is 5.51. The van der Waals surface area contributed by atoms with Crippen molar-refractivity contribution in [1.29, 1.82) is 0 Å². The van der Waals surface area contributed by atoms with Crippen molar-refractivity contribution in [1.82, 2.24) is 4.98 Å². The van der Waals surface area contributed by atoms with Crippen LogP contribution in [0.2, 0.25) is 0 Å². The molecule has 4 heteroatoms. The molecule has 3 rings (SSSR count). The number of hydrogen-bond acceptors (Lipinski definition) is 4. The molecule has 0 saturated carbocycles. The second kappa shape index (κ2) is 5.05. The van der Waals surface area contributed by atoms with Crippen LogP contribution in [0.25, 0.3) is 10.9 Å². The summed E-state index contributed by atoms with van der Waals surface area (Å²) in [6, 6.07) is 8.51. The maximum Gasteiger partial charge on any atom is 0.145 e. The normalized spacial score (nSPS) is 19.7. The van der Waals surface area contributed by atoms with E-state index in [9.17, 15) is 0 Å². The average molecular weight is 258 g/mol. The molecule has 1 fully saturated rings. The highest BCUT2D eigenvalue weighted by molar-refractivity contribution is 5.95. The van der Waals surface area contributed by atoms with Crippen molar-refractivity contribution in [2.24, 2.45) is 0 Å². The van der Waals surface area contributed by atoms with Crippen molar-refractivity contribution < 1.29 is 9.47 Å². The standard InChI is InChI=1S/C15H18N2O2/c1-11-10-19-9-8-17(11)13-6-7-16-15-12(13)4-3-5-14(15)18-2/h3-7,11H,8-10H2,1-2H3/t11-/m1/s1. The molecule has 19 heavy (non-hydrogen) atoms. The molecule has 1 atom stereocenters. The van der Waals surface area contributed by atoms with E-state index in [0.717, 1.165) is 36.4 Å². The number of ether oxygens (including phenoxy) is 2. The van der Waals surface area contributed by atoms with E-state index in [1.807, 2.05) is 18.3 Å². The van der Waals surface area contributed by atoms with Crippen LogP contribution in [-0.4, -0.2) is 37.9 Å².